The summed E-state index contributed by atoms with van der Waals surface area (Å²) in [6.07, 6.45) is 3.21. The fourth-order valence-corrected chi connectivity index (χ4v) is 2.34. The molecule has 0 fully saturated rings. The number of aromatic nitrogens is 1. The number of amides is 1. The molecular weight excluding hydrogens is 287 g/mol. The number of hydrogen-bond acceptors (Lipinski definition) is 2. The number of carbonyl (C=O) groups is 1. The fourth-order valence-electron chi connectivity index (χ4n) is 1.83. The van der Waals surface area contributed by atoms with Gasteiger partial charge < -0.3 is 9.47 Å². The minimum Gasteiger partial charge on any atom is -0.341 e. The molecule has 0 atom stereocenters. The van der Waals surface area contributed by atoms with Gasteiger partial charge in [-0.3, -0.25) is 9.59 Å². The molecule has 0 aliphatic rings. The predicted octanol–water partition coefficient (Wildman–Crippen LogP) is 2.80. The van der Waals surface area contributed by atoms with Crippen LogP contribution < -0.4 is 5.56 Å². The van der Waals surface area contributed by atoms with Crippen LogP contribution in [0.15, 0.2) is 17.1 Å². The van der Waals surface area contributed by atoms with Crippen LogP contribution in [0.5, 0.6) is 0 Å². The highest BCUT2D eigenvalue weighted by Gasteiger charge is 2.14. The maximum atomic E-state index is 12.1. The molecule has 6 heteroatoms. The highest BCUT2D eigenvalue weighted by Crippen LogP contribution is 2.11. The van der Waals surface area contributed by atoms with Crippen LogP contribution in [0.1, 0.15) is 26.7 Å². The van der Waals surface area contributed by atoms with Crippen LogP contribution >= 0.6 is 23.2 Å². The van der Waals surface area contributed by atoms with Crippen molar-refractivity contribution in [1.29, 1.82) is 0 Å². The quantitative estimate of drug-likeness (QED) is 0.811. The van der Waals surface area contributed by atoms with Gasteiger partial charge >= 0.3 is 0 Å². The summed E-state index contributed by atoms with van der Waals surface area (Å²) in [5, 5.41) is 0.368. The zero-order valence-corrected chi connectivity index (χ0v) is 12.7. The first-order chi connectivity index (χ1) is 8.99. The van der Waals surface area contributed by atoms with E-state index in [2.05, 4.69) is 0 Å². The summed E-state index contributed by atoms with van der Waals surface area (Å²) in [6, 6.07) is 1.38. The standard InChI is InChI=1S/C13H18Cl2N2O2/c1-3-5-16(6-4-2)12(18)9-17-8-10(14)7-11(15)13(17)19/h7-8H,3-6,9H2,1-2H3. The maximum Gasteiger partial charge on any atom is 0.269 e. The first-order valence-corrected chi connectivity index (χ1v) is 7.08. The molecule has 4 nitrogen and oxygen atoms in total. The molecule has 0 bridgehead atoms. The van der Waals surface area contributed by atoms with Crippen molar-refractivity contribution in [2.24, 2.45) is 0 Å². The van der Waals surface area contributed by atoms with Crippen LogP contribution in [0, 0.1) is 0 Å². The molecule has 1 heterocycles. The highest BCUT2D eigenvalue weighted by molar-refractivity contribution is 6.34. The van der Waals surface area contributed by atoms with Crippen LogP contribution in [-0.4, -0.2) is 28.5 Å². The summed E-state index contributed by atoms with van der Waals surface area (Å²) in [6.45, 7) is 5.38. The lowest BCUT2D eigenvalue weighted by Crippen LogP contribution is -2.37. The van der Waals surface area contributed by atoms with E-state index in [-0.39, 0.29) is 17.5 Å². The lowest BCUT2D eigenvalue weighted by molar-refractivity contribution is -0.132. The second kappa shape index (κ2) is 7.56. The average Bonchev–Trinajstić information content (AvgIpc) is 2.35. The van der Waals surface area contributed by atoms with Crippen LogP contribution in [-0.2, 0) is 11.3 Å². The lowest BCUT2D eigenvalue weighted by atomic mass is 10.3. The predicted molar refractivity (Wildman–Crippen MR) is 77.9 cm³/mol. The van der Waals surface area contributed by atoms with Crippen molar-refractivity contribution in [3.63, 3.8) is 0 Å². The molecule has 0 spiro atoms. The number of rotatable bonds is 6. The second-order valence-corrected chi connectivity index (χ2v) is 5.16. The zero-order chi connectivity index (χ0) is 14.4. The largest absolute Gasteiger partial charge is 0.341 e. The van der Waals surface area contributed by atoms with Crippen molar-refractivity contribution in [2.45, 2.75) is 33.2 Å². The third-order valence-electron chi connectivity index (χ3n) is 2.65. The molecule has 0 unspecified atom stereocenters. The Labute approximate surface area is 122 Å². The van der Waals surface area contributed by atoms with Crippen LogP contribution in [0.3, 0.4) is 0 Å². The number of halogens is 2. The molecule has 0 N–H and O–H groups in total. The van der Waals surface area contributed by atoms with E-state index in [1.807, 2.05) is 13.8 Å². The molecule has 106 valence electrons. The molecule has 0 aliphatic heterocycles. The van der Waals surface area contributed by atoms with Gasteiger partial charge in [0.15, 0.2) is 0 Å². The third-order valence-corrected chi connectivity index (χ3v) is 3.13. The number of nitrogens with zero attached hydrogens (tertiary/aromatic N) is 2. The van der Waals surface area contributed by atoms with Gasteiger partial charge in [0.1, 0.15) is 11.6 Å². The first kappa shape index (κ1) is 16.1. The zero-order valence-electron chi connectivity index (χ0n) is 11.2. The summed E-state index contributed by atoms with van der Waals surface area (Å²) < 4.78 is 1.26. The van der Waals surface area contributed by atoms with E-state index in [0.717, 1.165) is 12.8 Å². The molecule has 1 aromatic rings. The Balaban J connectivity index is 2.89. The molecular formula is C13H18Cl2N2O2. The Bertz CT molecular complexity index is 494. The van der Waals surface area contributed by atoms with Gasteiger partial charge in [0.25, 0.3) is 5.56 Å². The number of carbonyl (C=O) groups excluding carboxylic acids is 1. The van der Waals surface area contributed by atoms with Gasteiger partial charge in [0.05, 0.1) is 5.02 Å². The van der Waals surface area contributed by atoms with Gasteiger partial charge in [-0.2, -0.15) is 0 Å². The van der Waals surface area contributed by atoms with Crippen LogP contribution in [0.2, 0.25) is 10.0 Å². The molecule has 0 radical (unpaired) electrons. The van der Waals surface area contributed by atoms with E-state index in [4.69, 9.17) is 23.2 Å². The van der Waals surface area contributed by atoms with Crippen LogP contribution in [0.25, 0.3) is 0 Å². The smallest absolute Gasteiger partial charge is 0.269 e. The number of hydrogen-bond donors (Lipinski definition) is 0. The molecule has 0 aliphatic carbocycles. The molecule has 1 aromatic heterocycles. The van der Waals surface area contributed by atoms with Gasteiger partial charge in [-0.05, 0) is 18.9 Å². The fraction of sp³-hybridized carbons (Fsp3) is 0.538. The normalized spacial score (nSPS) is 10.5. The van der Waals surface area contributed by atoms with Crippen molar-refractivity contribution in [3.8, 4) is 0 Å². The van der Waals surface area contributed by atoms with Gasteiger partial charge in [-0.1, -0.05) is 37.0 Å². The highest BCUT2D eigenvalue weighted by atomic mass is 35.5. The average molecular weight is 305 g/mol. The Hall–Kier alpha value is -1.00. The lowest BCUT2D eigenvalue weighted by Gasteiger charge is -2.22. The summed E-state index contributed by atoms with van der Waals surface area (Å²) in [4.78, 5) is 25.7. The third kappa shape index (κ3) is 4.55. The van der Waals surface area contributed by atoms with Gasteiger partial charge in [0.2, 0.25) is 5.91 Å². The van der Waals surface area contributed by atoms with Gasteiger partial charge in [-0.15, -0.1) is 0 Å². The SMILES string of the molecule is CCCN(CCC)C(=O)Cn1cc(Cl)cc(Cl)c1=O. The summed E-state index contributed by atoms with van der Waals surface area (Å²) in [5.74, 6) is -0.0934. The second-order valence-electron chi connectivity index (χ2n) is 4.32. The Morgan fingerprint density at radius 1 is 1.26 bits per heavy atom. The van der Waals surface area contributed by atoms with E-state index in [1.54, 1.807) is 4.90 Å². The molecule has 19 heavy (non-hydrogen) atoms. The molecule has 1 amide bonds. The summed E-state index contributed by atoms with van der Waals surface area (Å²) >= 11 is 11.6. The van der Waals surface area contributed by atoms with Crippen molar-refractivity contribution >= 4 is 29.1 Å². The molecule has 1 rings (SSSR count). The van der Waals surface area contributed by atoms with Crippen molar-refractivity contribution in [3.05, 3.63) is 32.7 Å². The monoisotopic (exact) mass is 304 g/mol. The minimum absolute atomic E-state index is 0.0258. The molecule has 0 aromatic carbocycles. The summed E-state index contributed by atoms with van der Waals surface area (Å²) in [5.41, 5.74) is -0.396. The van der Waals surface area contributed by atoms with Crippen molar-refractivity contribution in [2.75, 3.05) is 13.1 Å². The Kier molecular flexibility index (Phi) is 6.38. The van der Waals surface area contributed by atoms with Crippen LogP contribution in [0.4, 0.5) is 0 Å². The van der Waals surface area contributed by atoms with E-state index in [0.29, 0.717) is 18.1 Å². The first-order valence-electron chi connectivity index (χ1n) is 6.32. The van der Waals surface area contributed by atoms with Crippen molar-refractivity contribution in [1.82, 2.24) is 9.47 Å². The van der Waals surface area contributed by atoms with Gasteiger partial charge in [-0.25, -0.2) is 0 Å². The molecule has 0 saturated heterocycles. The van der Waals surface area contributed by atoms with Gasteiger partial charge in [0, 0.05) is 19.3 Å². The maximum absolute atomic E-state index is 12.1. The number of pyridine rings is 1. The Morgan fingerprint density at radius 3 is 2.37 bits per heavy atom. The Morgan fingerprint density at radius 2 is 1.84 bits per heavy atom. The van der Waals surface area contributed by atoms with Crippen molar-refractivity contribution < 1.29 is 4.79 Å². The summed E-state index contributed by atoms with van der Waals surface area (Å²) in [7, 11) is 0. The minimum atomic E-state index is -0.396. The molecule has 0 saturated carbocycles. The van der Waals surface area contributed by atoms with E-state index in [9.17, 15) is 9.59 Å². The van der Waals surface area contributed by atoms with E-state index in [1.165, 1.54) is 16.8 Å². The topological polar surface area (TPSA) is 42.3 Å². The van der Waals surface area contributed by atoms with E-state index < -0.39 is 5.56 Å². The van der Waals surface area contributed by atoms with E-state index >= 15 is 0 Å².